The minimum absolute atomic E-state index is 0.0883. The predicted octanol–water partition coefficient (Wildman–Crippen LogP) is 16.9. The Morgan fingerprint density at radius 3 is 1.44 bits per heavy atom. The van der Waals surface area contributed by atoms with Crippen LogP contribution < -0.4 is 9.80 Å². The van der Waals surface area contributed by atoms with Crippen LogP contribution in [0.25, 0.3) is 44.5 Å². The van der Waals surface area contributed by atoms with Gasteiger partial charge < -0.3 is 9.80 Å². The number of fused-ring (bicyclic) bond motifs is 13. The maximum Gasteiger partial charge on any atom is 0.0733 e. The molecule has 3 aliphatic carbocycles. The lowest BCUT2D eigenvalue weighted by atomic mass is 9.68. The molecule has 0 bridgehead atoms. The Labute approximate surface area is 394 Å². The molecule has 66 heavy (non-hydrogen) atoms. The second-order valence-corrected chi connectivity index (χ2v) is 18.0. The molecule has 13 rings (SSSR count). The van der Waals surface area contributed by atoms with E-state index in [0.29, 0.717) is 11.4 Å². The van der Waals surface area contributed by atoms with Gasteiger partial charge in [-0.1, -0.05) is 190 Å². The molecule has 0 aliphatic heterocycles. The minimum atomic E-state index is -0.860. The Morgan fingerprint density at radius 2 is 0.803 bits per heavy atom. The van der Waals surface area contributed by atoms with Crippen molar-refractivity contribution in [2.75, 3.05) is 9.80 Å². The fraction of sp³-hybridized carbons (Fsp3) is 0.0625. The molecule has 0 fully saturated rings. The van der Waals surface area contributed by atoms with Crippen LogP contribution in [0.3, 0.4) is 0 Å². The number of nitrogens with zero attached hydrogens (tertiary/aromatic N) is 2. The SMILES string of the molecule is [2H]c1c([2H])c([2H])c(N(c2ccccc2)c2ccc3c(c2)C2(c4ccccc4-3)c3ccccc3-c3ccc(N(c4ccccc4)c4ccc5c(c4)C(C)(C)c4ccccc4-5)c(-c4ccccc4)c32)c([2H])c1[2H]. The Kier molecular flexibility index (Phi) is 7.41. The summed E-state index contributed by atoms with van der Waals surface area (Å²) in [6, 6.07) is 73.7. The van der Waals surface area contributed by atoms with Crippen LogP contribution >= 0.6 is 0 Å². The van der Waals surface area contributed by atoms with Gasteiger partial charge in [-0.05, 0) is 139 Å². The minimum Gasteiger partial charge on any atom is -0.310 e. The van der Waals surface area contributed by atoms with Gasteiger partial charge in [-0.3, -0.25) is 0 Å². The van der Waals surface area contributed by atoms with Crippen LogP contribution in [-0.2, 0) is 10.8 Å². The molecule has 0 heterocycles. The van der Waals surface area contributed by atoms with Gasteiger partial charge in [-0.2, -0.15) is 0 Å². The molecule has 0 radical (unpaired) electrons. The van der Waals surface area contributed by atoms with E-state index >= 15 is 0 Å². The zero-order valence-electron chi connectivity index (χ0n) is 41.6. The van der Waals surface area contributed by atoms with Crippen LogP contribution in [0.2, 0.25) is 0 Å². The molecule has 2 heteroatoms. The van der Waals surface area contributed by atoms with Crippen molar-refractivity contribution in [3.05, 3.63) is 276 Å². The molecular formula is C64H46N2. The van der Waals surface area contributed by atoms with Crippen LogP contribution in [0.4, 0.5) is 34.1 Å². The summed E-state index contributed by atoms with van der Waals surface area (Å²) in [5, 5.41) is 0. The first-order chi connectivity index (χ1) is 34.6. The second kappa shape index (κ2) is 14.7. The van der Waals surface area contributed by atoms with Gasteiger partial charge in [0.05, 0.1) is 18.0 Å². The third-order valence-electron chi connectivity index (χ3n) is 14.3. The molecule has 0 saturated heterocycles. The highest BCUT2D eigenvalue weighted by Gasteiger charge is 2.53. The van der Waals surface area contributed by atoms with Crippen LogP contribution in [0.1, 0.15) is 54.1 Å². The Morgan fingerprint density at radius 1 is 0.348 bits per heavy atom. The molecule has 10 aromatic carbocycles. The summed E-state index contributed by atoms with van der Waals surface area (Å²) in [5.74, 6) is 0. The van der Waals surface area contributed by atoms with Gasteiger partial charge in [0.2, 0.25) is 0 Å². The van der Waals surface area contributed by atoms with Crippen molar-refractivity contribution in [2.24, 2.45) is 0 Å². The molecule has 0 N–H and O–H groups in total. The van der Waals surface area contributed by atoms with Crippen LogP contribution in [0.15, 0.2) is 243 Å². The van der Waals surface area contributed by atoms with Crippen LogP contribution in [-0.4, -0.2) is 0 Å². The first-order valence-corrected chi connectivity index (χ1v) is 22.7. The van der Waals surface area contributed by atoms with Crippen molar-refractivity contribution >= 4 is 34.1 Å². The van der Waals surface area contributed by atoms with Gasteiger partial charge in [0, 0.05) is 39.4 Å². The maximum absolute atomic E-state index is 9.28. The first kappa shape index (κ1) is 33.3. The van der Waals surface area contributed by atoms with Crippen molar-refractivity contribution < 1.29 is 6.85 Å². The Balaban J connectivity index is 1.13. The molecule has 1 unspecified atom stereocenters. The summed E-state index contributed by atoms with van der Waals surface area (Å²) in [7, 11) is 0. The van der Waals surface area contributed by atoms with E-state index in [1.165, 1.54) is 22.3 Å². The maximum atomic E-state index is 9.28. The number of anilines is 6. The second-order valence-electron chi connectivity index (χ2n) is 18.0. The summed E-state index contributed by atoms with van der Waals surface area (Å²) in [6.07, 6.45) is 0. The quantitative estimate of drug-likeness (QED) is 0.158. The van der Waals surface area contributed by atoms with E-state index in [2.05, 4.69) is 195 Å². The molecule has 2 nitrogen and oxygen atoms in total. The third-order valence-corrected chi connectivity index (χ3v) is 14.3. The topological polar surface area (TPSA) is 6.48 Å². The summed E-state index contributed by atoms with van der Waals surface area (Å²) < 4.78 is 44.7. The number of hydrogen-bond acceptors (Lipinski definition) is 2. The largest absolute Gasteiger partial charge is 0.310 e. The van der Waals surface area contributed by atoms with E-state index in [-0.39, 0.29) is 35.3 Å². The van der Waals surface area contributed by atoms with Gasteiger partial charge in [-0.15, -0.1) is 0 Å². The lowest BCUT2D eigenvalue weighted by molar-refractivity contribution is 0.660. The van der Waals surface area contributed by atoms with Gasteiger partial charge in [0.1, 0.15) is 0 Å². The monoisotopic (exact) mass is 847 g/mol. The summed E-state index contributed by atoms with van der Waals surface area (Å²) in [4.78, 5) is 4.27. The highest BCUT2D eigenvalue weighted by molar-refractivity contribution is 6.04. The number of rotatable bonds is 7. The van der Waals surface area contributed by atoms with Gasteiger partial charge in [0.25, 0.3) is 0 Å². The van der Waals surface area contributed by atoms with Gasteiger partial charge >= 0.3 is 0 Å². The van der Waals surface area contributed by atoms with E-state index in [1.807, 2.05) is 41.3 Å². The molecule has 1 atom stereocenters. The Hall–Kier alpha value is -8.20. The van der Waals surface area contributed by atoms with Crippen molar-refractivity contribution in [1.82, 2.24) is 0 Å². The average Bonchev–Trinajstić information content (AvgIpc) is 3.97. The summed E-state index contributed by atoms with van der Waals surface area (Å²) in [5.41, 5.74) is 19.8. The number of benzene rings is 10. The van der Waals surface area contributed by atoms with Crippen molar-refractivity contribution in [2.45, 2.75) is 24.7 Å². The Bertz CT molecular complexity index is 3770. The van der Waals surface area contributed by atoms with E-state index < -0.39 is 11.5 Å². The summed E-state index contributed by atoms with van der Waals surface area (Å²) in [6.45, 7) is 4.67. The number of para-hydroxylation sites is 3. The molecule has 10 aromatic rings. The fourth-order valence-electron chi connectivity index (χ4n) is 11.6. The van der Waals surface area contributed by atoms with E-state index in [0.717, 1.165) is 72.7 Å². The van der Waals surface area contributed by atoms with E-state index in [1.54, 1.807) is 0 Å². The van der Waals surface area contributed by atoms with Crippen molar-refractivity contribution in [1.29, 1.82) is 0 Å². The fourth-order valence-corrected chi connectivity index (χ4v) is 11.6. The number of hydrogen-bond donors (Lipinski definition) is 0. The molecule has 0 aromatic heterocycles. The standard InChI is InChI=1S/C64H46N2/c1-63(2)55-32-18-15-29-49(55)52-37-36-48(41-58(52)63)66(46-27-13-6-14-28-46)60-40-39-54-51-31-17-20-34-57(51)64(62(54)61(60)43-21-7-3-8-22-43)56-33-19-16-30-50(56)53-38-35-47(42-59(53)64)65(44-23-9-4-10-24-44)45-25-11-5-12-26-45/h3-42H,1-2H3/i4D,9D,10D,23D,24D. The van der Waals surface area contributed by atoms with E-state index in [9.17, 15) is 2.74 Å². The molecule has 3 aliphatic rings. The van der Waals surface area contributed by atoms with Crippen molar-refractivity contribution in [3.8, 4) is 44.5 Å². The lowest BCUT2D eigenvalue weighted by Crippen LogP contribution is -2.27. The van der Waals surface area contributed by atoms with Crippen molar-refractivity contribution in [3.63, 3.8) is 0 Å². The van der Waals surface area contributed by atoms with Crippen LogP contribution in [0, 0.1) is 0 Å². The smallest absolute Gasteiger partial charge is 0.0733 e. The van der Waals surface area contributed by atoms with Gasteiger partial charge in [0.15, 0.2) is 0 Å². The molecular weight excluding hydrogens is 797 g/mol. The predicted molar refractivity (Wildman–Crippen MR) is 275 cm³/mol. The van der Waals surface area contributed by atoms with E-state index in [4.69, 9.17) is 4.11 Å². The lowest BCUT2D eigenvalue weighted by Gasteiger charge is -2.36. The molecule has 0 saturated carbocycles. The highest BCUT2D eigenvalue weighted by atomic mass is 15.1. The zero-order valence-corrected chi connectivity index (χ0v) is 36.6. The molecule has 312 valence electrons. The van der Waals surface area contributed by atoms with Crippen LogP contribution in [0.5, 0.6) is 0 Å². The normalized spacial score (nSPS) is 16.4. The molecule has 0 amide bonds. The highest BCUT2D eigenvalue weighted by Crippen LogP contribution is 2.66. The first-order valence-electron chi connectivity index (χ1n) is 25.2. The average molecular weight is 848 g/mol. The zero-order chi connectivity index (χ0) is 48.3. The van der Waals surface area contributed by atoms with Gasteiger partial charge in [-0.25, -0.2) is 0 Å². The third kappa shape index (κ3) is 5.42. The summed E-state index contributed by atoms with van der Waals surface area (Å²) >= 11 is 0. The molecule has 1 spiro atoms.